The van der Waals surface area contributed by atoms with Crippen LogP contribution in [0.3, 0.4) is 0 Å². The van der Waals surface area contributed by atoms with Crippen LogP contribution in [0, 0.1) is 0 Å². The minimum absolute atomic E-state index is 0. The number of para-hydroxylation sites is 1. The molecule has 1 aromatic carbocycles. The summed E-state index contributed by atoms with van der Waals surface area (Å²) in [6, 6.07) is 8.99. The van der Waals surface area contributed by atoms with Gasteiger partial charge in [-0.2, -0.15) is 4.89 Å². The standard InChI is InChI=1S/C18H31O6P.Na.H/c1-2-3-4-5-6-7-8-9-13-16-18(23-24-25(19,20)21)22-17-14-11-10-12-15-17;;/h10-12,14-15,18H,2-9,13,16H2,1H3,(H2,19,20,21);;. The first-order valence-corrected chi connectivity index (χ1v) is 10.7. The molecule has 146 valence electrons. The number of ether oxygens (including phenoxy) is 1. The summed E-state index contributed by atoms with van der Waals surface area (Å²) in [4.78, 5) is 22.3. The van der Waals surface area contributed by atoms with E-state index >= 15 is 0 Å². The van der Waals surface area contributed by atoms with E-state index in [0.29, 0.717) is 12.2 Å². The van der Waals surface area contributed by atoms with E-state index in [-0.39, 0.29) is 29.6 Å². The third-order valence-electron chi connectivity index (χ3n) is 3.80. The number of phosphoric acid groups is 1. The molecule has 0 aliphatic heterocycles. The predicted molar refractivity (Wildman–Crippen MR) is 104 cm³/mol. The molecule has 0 bridgehead atoms. The summed E-state index contributed by atoms with van der Waals surface area (Å²) in [5.41, 5.74) is 0. The van der Waals surface area contributed by atoms with E-state index in [1.54, 1.807) is 12.1 Å². The zero-order valence-corrected chi connectivity index (χ0v) is 15.9. The summed E-state index contributed by atoms with van der Waals surface area (Å²) in [5, 5.41) is 0. The molecular formula is C18H32NaO6P. The fraction of sp³-hybridized carbons (Fsp3) is 0.667. The summed E-state index contributed by atoms with van der Waals surface area (Å²) in [5.74, 6) is 0.567. The Bertz CT molecular complexity index is 482. The second-order valence-electron chi connectivity index (χ2n) is 6.14. The van der Waals surface area contributed by atoms with E-state index < -0.39 is 14.1 Å². The van der Waals surface area contributed by atoms with E-state index in [1.807, 2.05) is 18.2 Å². The number of benzene rings is 1. The first kappa shape index (κ1) is 26.1. The second kappa shape index (κ2) is 16.1. The summed E-state index contributed by atoms with van der Waals surface area (Å²) in [7, 11) is -4.69. The Balaban J connectivity index is 0.00000625. The molecule has 2 N–H and O–H groups in total. The van der Waals surface area contributed by atoms with Crippen molar-refractivity contribution in [3.63, 3.8) is 0 Å². The van der Waals surface area contributed by atoms with Crippen LogP contribution in [0.5, 0.6) is 5.75 Å². The Hall–Kier alpha value is 0.0900. The van der Waals surface area contributed by atoms with Crippen LogP contribution in [0.4, 0.5) is 0 Å². The summed E-state index contributed by atoms with van der Waals surface area (Å²) in [6.07, 6.45) is 10.3. The van der Waals surface area contributed by atoms with Gasteiger partial charge in [-0.15, -0.1) is 4.67 Å². The molecular weight excluding hydrogens is 366 g/mol. The van der Waals surface area contributed by atoms with Crippen LogP contribution in [0.15, 0.2) is 30.3 Å². The van der Waals surface area contributed by atoms with Crippen molar-refractivity contribution in [2.24, 2.45) is 0 Å². The van der Waals surface area contributed by atoms with E-state index in [1.165, 1.54) is 38.5 Å². The fourth-order valence-electron chi connectivity index (χ4n) is 2.50. The number of unbranched alkanes of at least 4 members (excludes halogenated alkanes) is 8. The molecule has 0 saturated heterocycles. The van der Waals surface area contributed by atoms with Gasteiger partial charge in [0.05, 0.1) is 0 Å². The molecule has 1 aromatic rings. The SMILES string of the molecule is CCCCCCCCCCCC(OOP(=O)(O)O)Oc1ccccc1.[NaH]. The molecule has 0 spiro atoms. The summed E-state index contributed by atoms with van der Waals surface area (Å²) < 4.78 is 20.5. The zero-order chi connectivity index (χ0) is 18.4. The van der Waals surface area contributed by atoms with Crippen LogP contribution in [0.1, 0.15) is 71.1 Å². The Morgan fingerprint density at radius 1 is 0.923 bits per heavy atom. The van der Waals surface area contributed by atoms with Gasteiger partial charge in [0.25, 0.3) is 0 Å². The van der Waals surface area contributed by atoms with Crippen molar-refractivity contribution in [1.29, 1.82) is 0 Å². The maximum absolute atomic E-state index is 10.8. The molecule has 0 fully saturated rings. The normalized spacial score (nSPS) is 12.4. The quantitative estimate of drug-likeness (QED) is 0.111. The molecule has 0 amide bonds. The Morgan fingerprint density at radius 2 is 1.46 bits per heavy atom. The first-order valence-electron chi connectivity index (χ1n) is 9.13. The number of hydrogen-bond acceptors (Lipinski definition) is 4. The van der Waals surface area contributed by atoms with Crippen LogP contribution in [-0.4, -0.2) is 45.6 Å². The fourth-order valence-corrected chi connectivity index (χ4v) is 2.71. The van der Waals surface area contributed by atoms with Crippen LogP contribution in [0.2, 0.25) is 0 Å². The van der Waals surface area contributed by atoms with Gasteiger partial charge in [0, 0.05) is 6.42 Å². The van der Waals surface area contributed by atoms with Crippen molar-refractivity contribution in [2.75, 3.05) is 0 Å². The first-order chi connectivity index (χ1) is 12.0. The van der Waals surface area contributed by atoms with Gasteiger partial charge in [0.1, 0.15) is 5.75 Å². The van der Waals surface area contributed by atoms with E-state index in [9.17, 15) is 4.57 Å². The average molecular weight is 398 g/mol. The van der Waals surface area contributed by atoms with Gasteiger partial charge in [0.2, 0.25) is 6.29 Å². The molecule has 1 rings (SSSR count). The molecule has 6 nitrogen and oxygen atoms in total. The third-order valence-corrected chi connectivity index (χ3v) is 4.08. The van der Waals surface area contributed by atoms with Crippen molar-refractivity contribution >= 4 is 37.4 Å². The molecule has 8 heteroatoms. The van der Waals surface area contributed by atoms with Gasteiger partial charge in [-0.25, -0.2) is 4.57 Å². The van der Waals surface area contributed by atoms with Gasteiger partial charge in [-0.1, -0.05) is 76.5 Å². The van der Waals surface area contributed by atoms with E-state index in [4.69, 9.17) is 19.4 Å². The Morgan fingerprint density at radius 3 is 2.00 bits per heavy atom. The van der Waals surface area contributed by atoms with Crippen LogP contribution in [-0.2, 0) is 14.1 Å². The second-order valence-corrected chi connectivity index (χ2v) is 7.27. The molecule has 1 atom stereocenters. The monoisotopic (exact) mass is 398 g/mol. The molecule has 26 heavy (non-hydrogen) atoms. The van der Waals surface area contributed by atoms with Gasteiger partial charge in [-0.05, 0) is 18.6 Å². The molecule has 0 radical (unpaired) electrons. The molecule has 1 unspecified atom stereocenters. The summed E-state index contributed by atoms with van der Waals surface area (Å²) >= 11 is 0. The third kappa shape index (κ3) is 15.2. The van der Waals surface area contributed by atoms with Crippen molar-refractivity contribution in [3.05, 3.63) is 30.3 Å². The average Bonchev–Trinajstić information content (AvgIpc) is 2.58. The van der Waals surface area contributed by atoms with Gasteiger partial charge < -0.3 is 14.5 Å². The van der Waals surface area contributed by atoms with E-state index in [0.717, 1.165) is 19.3 Å². The van der Waals surface area contributed by atoms with Crippen molar-refractivity contribution in [3.8, 4) is 5.75 Å². The predicted octanol–water partition coefficient (Wildman–Crippen LogP) is 4.70. The molecule has 0 aromatic heterocycles. The van der Waals surface area contributed by atoms with Gasteiger partial charge in [-0.3, -0.25) is 0 Å². The topological polar surface area (TPSA) is 85.2 Å². The molecule has 0 saturated carbocycles. The van der Waals surface area contributed by atoms with Crippen LogP contribution < -0.4 is 4.74 Å². The maximum atomic E-state index is 10.8. The van der Waals surface area contributed by atoms with Gasteiger partial charge >= 0.3 is 37.4 Å². The zero-order valence-electron chi connectivity index (χ0n) is 15.0. The number of hydrogen-bond donors (Lipinski definition) is 2. The molecule has 0 aliphatic rings. The van der Waals surface area contributed by atoms with Crippen molar-refractivity contribution in [1.82, 2.24) is 0 Å². The summed E-state index contributed by atoms with van der Waals surface area (Å²) in [6.45, 7) is 2.21. The molecule has 0 heterocycles. The minimum atomic E-state index is -4.69. The van der Waals surface area contributed by atoms with E-state index in [2.05, 4.69) is 11.6 Å². The van der Waals surface area contributed by atoms with Crippen molar-refractivity contribution in [2.45, 2.75) is 77.4 Å². The van der Waals surface area contributed by atoms with Gasteiger partial charge in [0.15, 0.2) is 0 Å². The molecule has 0 aliphatic carbocycles. The Kier molecular flexibility index (Phi) is 16.1. The van der Waals surface area contributed by atoms with Crippen molar-refractivity contribution < 1.29 is 28.7 Å². The van der Waals surface area contributed by atoms with Crippen LogP contribution in [0.25, 0.3) is 0 Å². The Labute approximate surface area is 179 Å². The van der Waals surface area contributed by atoms with Crippen LogP contribution >= 0.6 is 7.82 Å². The number of rotatable bonds is 15.